The second-order valence-electron chi connectivity index (χ2n) is 14.1. The molecule has 11 rings (SSSR count). The van der Waals surface area contributed by atoms with Crippen molar-refractivity contribution in [3.63, 3.8) is 0 Å². The molecular formula is C52H32N2S. The van der Waals surface area contributed by atoms with Crippen molar-refractivity contribution in [2.45, 2.75) is 0 Å². The van der Waals surface area contributed by atoms with E-state index in [-0.39, 0.29) is 0 Å². The predicted octanol–water partition coefficient (Wildman–Crippen LogP) is 14.6. The average Bonchev–Trinajstić information content (AvgIpc) is 3.65. The number of thiophene rings is 1. The standard InChI is InChI=1S/C52H32N2S/c1-3-13-33(14-4-1)35-17-11-18-38(29-35)48-32-47(34-15-5-2-6-16-34)53-52(54-48)44-23-12-24-50-51(44)46-31-37(26-28-49(46)55-50)36-25-27-43-41-21-8-7-19-39(41)40-20-9-10-22-42(40)45(43)30-36/h1-32H. The smallest absolute Gasteiger partial charge is 0.161 e. The minimum atomic E-state index is 0.723. The van der Waals surface area contributed by atoms with Crippen molar-refractivity contribution in [3.05, 3.63) is 194 Å². The number of hydrogen-bond acceptors (Lipinski definition) is 3. The summed E-state index contributed by atoms with van der Waals surface area (Å²) in [6.45, 7) is 0. The Morgan fingerprint density at radius 1 is 0.291 bits per heavy atom. The zero-order chi connectivity index (χ0) is 36.3. The number of rotatable bonds is 5. The van der Waals surface area contributed by atoms with Gasteiger partial charge in [-0.25, -0.2) is 9.97 Å². The van der Waals surface area contributed by atoms with E-state index in [1.807, 2.05) is 17.4 Å². The highest BCUT2D eigenvalue weighted by Crippen LogP contribution is 2.43. The molecule has 2 aromatic heterocycles. The van der Waals surface area contributed by atoms with E-state index in [2.05, 4.69) is 188 Å². The highest BCUT2D eigenvalue weighted by atomic mass is 32.1. The maximum absolute atomic E-state index is 5.33. The molecule has 0 saturated carbocycles. The summed E-state index contributed by atoms with van der Waals surface area (Å²) in [6, 6.07) is 69.7. The molecule has 11 aromatic rings. The third kappa shape index (κ3) is 5.40. The van der Waals surface area contributed by atoms with Crippen molar-refractivity contribution < 1.29 is 0 Å². The summed E-state index contributed by atoms with van der Waals surface area (Å²) in [5, 5.41) is 10.1. The van der Waals surface area contributed by atoms with E-state index in [1.165, 1.54) is 69.2 Å². The van der Waals surface area contributed by atoms with Crippen molar-refractivity contribution in [3.8, 4) is 56.2 Å². The van der Waals surface area contributed by atoms with Crippen molar-refractivity contribution >= 4 is 63.8 Å². The SMILES string of the molecule is c1ccc(-c2cccc(-c3cc(-c4ccccc4)nc(-c4cccc5sc6ccc(-c7ccc8c9ccccc9c9ccccc9c8c7)cc6c45)n3)c2)cc1. The Hall–Kier alpha value is -6.94. The number of benzene rings is 9. The number of aromatic nitrogens is 2. The van der Waals surface area contributed by atoms with Gasteiger partial charge in [0.1, 0.15) is 0 Å². The van der Waals surface area contributed by atoms with Crippen molar-refractivity contribution in [1.29, 1.82) is 0 Å². The first-order valence-electron chi connectivity index (χ1n) is 18.6. The first-order chi connectivity index (χ1) is 27.2. The molecule has 0 bridgehead atoms. The van der Waals surface area contributed by atoms with Crippen molar-refractivity contribution in [1.82, 2.24) is 9.97 Å². The highest BCUT2D eigenvalue weighted by molar-refractivity contribution is 7.26. The summed E-state index contributed by atoms with van der Waals surface area (Å²) in [7, 11) is 0. The average molecular weight is 717 g/mol. The van der Waals surface area contributed by atoms with Crippen LogP contribution >= 0.6 is 11.3 Å². The fraction of sp³-hybridized carbons (Fsp3) is 0. The number of fused-ring (bicyclic) bond motifs is 9. The van der Waals surface area contributed by atoms with Crippen LogP contribution in [-0.4, -0.2) is 9.97 Å². The minimum Gasteiger partial charge on any atom is -0.228 e. The lowest BCUT2D eigenvalue weighted by Crippen LogP contribution is -1.96. The Labute approximate surface area is 322 Å². The molecule has 0 aliphatic heterocycles. The monoisotopic (exact) mass is 716 g/mol. The zero-order valence-corrected chi connectivity index (χ0v) is 30.6. The summed E-state index contributed by atoms with van der Waals surface area (Å²) in [5.74, 6) is 0.723. The molecule has 0 aliphatic rings. The fourth-order valence-electron chi connectivity index (χ4n) is 8.24. The van der Waals surface area contributed by atoms with E-state index in [0.717, 1.165) is 39.5 Å². The van der Waals surface area contributed by atoms with Crippen LogP contribution < -0.4 is 0 Å². The summed E-state index contributed by atoms with van der Waals surface area (Å²) in [6.07, 6.45) is 0. The molecule has 0 N–H and O–H groups in total. The Bertz CT molecular complexity index is 3220. The third-order valence-electron chi connectivity index (χ3n) is 10.9. The number of hydrogen-bond donors (Lipinski definition) is 0. The molecular weight excluding hydrogens is 685 g/mol. The fourth-order valence-corrected chi connectivity index (χ4v) is 9.35. The van der Waals surface area contributed by atoms with Gasteiger partial charge in [-0.1, -0.05) is 158 Å². The minimum absolute atomic E-state index is 0.723. The van der Waals surface area contributed by atoms with Crippen molar-refractivity contribution in [2.24, 2.45) is 0 Å². The molecule has 0 saturated heterocycles. The van der Waals surface area contributed by atoms with Crippen LogP contribution in [0.15, 0.2) is 194 Å². The van der Waals surface area contributed by atoms with E-state index in [9.17, 15) is 0 Å². The molecule has 55 heavy (non-hydrogen) atoms. The summed E-state index contributed by atoms with van der Waals surface area (Å²) >= 11 is 1.83. The van der Waals surface area contributed by atoms with E-state index in [4.69, 9.17) is 9.97 Å². The van der Waals surface area contributed by atoms with Gasteiger partial charge in [0.15, 0.2) is 5.82 Å². The lowest BCUT2D eigenvalue weighted by molar-refractivity contribution is 1.19. The lowest BCUT2D eigenvalue weighted by Gasteiger charge is -2.12. The van der Waals surface area contributed by atoms with Gasteiger partial charge in [-0.2, -0.15) is 0 Å². The van der Waals surface area contributed by atoms with Crippen molar-refractivity contribution in [2.75, 3.05) is 0 Å². The van der Waals surface area contributed by atoms with Crippen LogP contribution in [0.4, 0.5) is 0 Å². The van der Waals surface area contributed by atoms with E-state index in [1.54, 1.807) is 0 Å². The first kappa shape index (κ1) is 31.6. The van der Waals surface area contributed by atoms with Crippen LogP contribution in [0.1, 0.15) is 0 Å². The maximum Gasteiger partial charge on any atom is 0.161 e. The van der Waals surface area contributed by atoms with Gasteiger partial charge in [0.05, 0.1) is 11.4 Å². The van der Waals surface area contributed by atoms with Gasteiger partial charge in [0, 0.05) is 36.9 Å². The van der Waals surface area contributed by atoms with E-state index >= 15 is 0 Å². The summed E-state index contributed by atoms with van der Waals surface area (Å²) in [4.78, 5) is 10.6. The largest absolute Gasteiger partial charge is 0.228 e. The first-order valence-corrected chi connectivity index (χ1v) is 19.5. The molecule has 0 spiro atoms. The molecule has 2 heterocycles. The Kier molecular flexibility index (Phi) is 7.39. The quantitative estimate of drug-likeness (QED) is 0.166. The van der Waals surface area contributed by atoms with Crippen LogP contribution in [0.25, 0.3) is 109 Å². The molecule has 2 nitrogen and oxygen atoms in total. The second-order valence-corrected chi connectivity index (χ2v) is 15.2. The second kappa shape index (κ2) is 12.9. The molecule has 0 amide bonds. The summed E-state index contributed by atoms with van der Waals surface area (Å²) in [5.41, 5.74) is 9.70. The van der Waals surface area contributed by atoms with Gasteiger partial charge in [0.25, 0.3) is 0 Å². The van der Waals surface area contributed by atoms with E-state index < -0.39 is 0 Å². The van der Waals surface area contributed by atoms with Gasteiger partial charge in [-0.3, -0.25) is 0 Å². The van der Waals surface area contributed by atoms with Gasteiger partial charge < -0.3 is 0 Å². The molecule has 9 aromatic carbocycles. The molecule has 0 fully saturated rings. The van der Waals surface area contributed by atoms with Crippen LogP contribution in [0.3, 0.4) is 0 Å². The van der Waals surface area contributed by atoms with E-state index in [0.29, 0.717) is 0 Å². The van der Waals surface area contributed by atoms with Gasteiger partial charge in [0.2, 0.25) is 0 Å². The highest BCUT2D eigenvalue weighted by Gasteiger charge is 2.18. The third-order valence-corrected chi connectivity index (χ3v) is 12.0. The number of nitrogens with zero attached hydrogens (tertiary/aromatic N) is 2. The van der Waals surface area contributed by atoms with Crippen LogP contribution in [0, 0.1) is 0 Å². The van der Waals surface area contributed by atoms with Crippen LogP contribution in [-0.2, 0) is 0 Å². The van der Waals surface area contributed by atoms with Gasteiger partial charge in [-0.15, -0.1) is 11.3 Å². The topological polar surface area (TPSA) is 25.8 Å². The summed E-state index contributed by atoms with van der Waals surface area (Å²) < 4.78 is 2.47. The molecule has 0 radical (unpaired) electrons. The van der Waals surface area contributed by atoms with Crippen LogP contribution in [0.5, 0.6) is 0 Å². The molecule has 0 atom stereocenters. The van der Waals surface area contributed by atoms with Crippen LogP contribution in [0.2, 0.25) is 0 Å². The Morgan fingerprint density at radius 2 is 0.800 bits per heavy atom. The molecule has 0 aliphatic carbocycles. The zero-order valence-electron chi connectivity index (χ0n) is 29.8. The Balaban J connectivity index is 1.10. The molecule has 3 heteroatoms. The molecule has 256 valence electrons. The van der Waals surface area contributed by atoms with Gasteiger partial charge in [-0.05, 0) is 91.0 Å². The lowest BCUT2D eigenvalue weighted by atomic mass is 9.92. The Morgan fingerprint density at radius 3 is 1.51 bits per heavy atom. The normalized spacial score (nSPS) is 11.6. The predicted molar refractivity (Wildman–Crippen MR) is 235 cm³/mol. The molecule has 0 unspecified atom stereocenters. The maximum atomic E-state index is 5.33. The van der Waals surface area contributed by atoms with Gasteiger partial charge >= 0.3 is 0 Å².